The number of methoxy groups -OCH3 is 2. The zero-order valence-electron chi connectivity index (χ0n) is 22.1. The number of rotatable bonds is 13. The minimum Gasteiger partial charge on any atom is -0.493 e. The van der Waals surface area contributed by atoms with E-state index >= 15 is 0 Å². The van der Waals surface area contributed by atoms with E-state index in [4.69, 9.17) is 9.47 Å². The molecule has 2 aromatic carbocycles. The summed E-state index contributed by atoms with van der Waals surface area (Å²) in [6.07, 6.45) is 4.00. The van der Waals surface area contributed by atoms with Gasteiger partial charge in [-0.2, -0.15) is 0 Å². The second-order valence-corrected chi connectivity index (χ2v) is 10.2. The van der Waals surface area contributed by atoms with Crippen molar-refractivity contribution in [3.05, 3.63) is 88.1 Å². The summed E-state index contributed by atoms with van der Waals surface area (Å²) in [6, 6.07) is 19.5. The topological polar surface area (TPSA) is 59.1 Å². The molecule has 37 heavy (non-hydrogen) atoms. The first-order valence-electron chi connectivity index (χ1n) is 12.4. The molecular weight excluding hydrogens is 484 g/mol. The van der Waals surface area contributed by atoms with E-state index in [1.807, 2.05) is 84.8 Å². The predicted molar refractivity (Wildman–Crippen MR) is 150 cm³/mol. The van der Waals surface area contributed by atoms with E-state index in [9.17, 15) is 9.59 Å². The molecule has 0 unspecified atom stereocenters. The van der Waals surface area contributed by atoms with Crippen LogP contribution in [0.25, 0.3) is 6.08 Å². The Morgan fingerprint density at radius 3 is 2.35 bits per heavy atom. The van der Waals surface area contributed by atoms with Gasteiger partial charge >= 0.3 is 0 Å². The van der Waals surface area contributed by atoms with E-state index in [1.54, 1.807) is 42.6 Å². The fourth-order valence-corrected chi connectivity index (χ4v) is 4.68. The molecule has 0 aliphatic heterocycles. The molecule has 0 saturated heterocycles. The van der Waals surface area contributed by atoms with Crippen LogP contribution in [0.1, 0.15) is 29.9 Å². The Balaban J connectivity index is 1.74. The number of amides is 2. The number of benzene rings is 2. The van der Waals surface area contributed by atoms with Gasteiger partial charge in [-0.05, 0) is 53.1 Å². The highest BCUT2D eigenvalue weighted by atomic mass is 32.1. The molecule has 6 nitrogen and oxygen atoms in total. The summed E-state index contributed by atoms with van der Waals surface area (Å²) < 4.78 is 10.8. The Morgan fingerprint density at radius 2 is 1.70 bits per heavy atom. The third-order valence-electron chi connectivity index (χ3n) is 5.84. The van der Waals surface area contributed by atoms with Crippen LogP contribution in [0, 0.1) is 5.92 Å². The van der Waals surface area contributed by atoms with Crippen LogP contribution in [0.5, 0.6) is 11.5 Å². The quantitative estimate of drug-likeness (QED) is 0.278. The highest BCUT2D eigenvalue weighted by molar-refractivity contribution is 7.09. The second kappa shape index (κ2) is 14.2. The van der Waals surface area contributed by atoms with Crippen LogP contribution in [0.2, 0.25) is 0 Å². The van der Waals surface area contributed by atoms with Gasteiger partial charge in [0.2, 0.25) is 11.8 Å². The first kappa shape index (κ1) is 28.0. The van der Waals surface area contributed by atoms with Crippen molar-refractivity contribution in [2.45, 2.75) is 26.8 Å². The van der Waals surface area contributed by atoms with Crippen molar-refractivity contribution in [3.8, 4) is 11.5 Å². The lowest BCUT2D eigenvalue weighted by molar-refractivity contribution is -0.138. The van der Waals surface area contributed by atoms with E-state index in [1.165, 1.54) is 0 Å². The average Bonchev–Trinajstić information content (AvgIpc) is 3.42. The maximum Gasteiger partial charge on any atom is 0.247 e. The third-order valence-corrected chi connectivity index (χ3v) is 6.70. The molecule has 196 valence electrons. The monoisotopic (exact) mass is 520 g/mol. The van der Waals surface area contributed by atoms with Gasteiger partial charge in [0.1, 0.15) is 6.54 Å². The Labute approximate surface area is 224 Å². The summed E-state index contributed by atoms with van der Waals surface area (Å²) >= 11 is 1.62. The van der Waals surface area contributed by atoms with Crippen LogP contribution >= 0.6 is 11.3 Å². The highest BCUT2D eigenvalue weighted by Gasteiger charge is 2.22. The first-order valence-corrected chi connectivity index (χ1v) is 13.3. The van der Waals surface area contributed by atoms with Gasteiger partial charge in [-0.25, -0.2) is 0 Å². The standard InChI is InChI=1S/C30H36N2O4S/c1-23(2)20-32(29(33)15-13-24-9-6-5-7-10-24)22-30(34)31(21-26-11-8-18-37-26)17-16-25-12-14-27(35-3)28(19-25)36-4/h5-15,18-19,23H,16-17,20-22H2,1-4H3/b15-13+. The number of hydrogen-bond donors (Lipinski definition) is 0. The van der Waals surface area contributed by atoms with Crippen LogP contribution in [0.15, 0.2) is 72.1 Å². The maximum absolute atomic E-state index is 13.6. The number of ether oxygens (including phenoxy) is 2. The summed E-state index contributed by atoms with van der Waals surface area (Å²) in [4.78, 5) is 31.2. The predicted octanol–water partition coefficient (Wildman–Crippen LogP) is 5.53. The molecule has 1 heterocycles. The minimum atomic E-state index is -0.165. The summed E-state index contributed by atoms with van der Waals surface area (Å²) in [6.45, 7) is 5.67. The first-order chi connectivity index (χ1) is 17.9. The molecule has 7 heteroatoms. The van der Waals surface area contributed by atoms with E-state index in [0.717, 1.165) is 16.0 Å². The second-order valence-electron chi connectivity index (χ2n) is 9.19. The van der Waals surface area contributed by atoms with Crippen molar-refractivity contribution >= 4 is 29.2 Å². The number of carbonyl (C=O) groups is 2. The summed E-state index contributed by atoms with van der Waals surface area (Å²) in [5, 5.41) is 2.01. The van der Waals surface area contributed by atoms with Crippen molar-refractivity contribution in [1.82, 2.24) is 9.80 Å². The number of carbonyl (C=O) groups excluding carboxylic acids is 2. The van der Waals surface area contributed by atoms with Gasteiger partial charge in [0, 0.05) is 24.0 Å². The summed E-state index contributed by atoms with van der Waals surface area (Å²) in [5.41, 5.74) is 1.99. The minimum absolute atomic E-state index is 0.0352. The molecule has 2 amide bonds. The molecule has 3 rings (SSSR count). The van der Waals surface area contributed by atoms with Crippen molar-refractivity contribution < 1.29 is 19.1 Å². The average molecular weight is 521 g/mol. The Morgan fingerprint density at radius 1 is 0.946 bits per heavy atom. The van der Waals surface area contributed by atoms with Gasteiger partial charge in [0.15, 0.2) is 11.5 Å². The van der Waals surface area contributed by atoms with E-state index in [0.29, 0.717) is 37.6 Å². The maximum atomic E-state index is 13.6. The molecule has 3 aromatic rings. The fourth-order valence-electron chi connectivity index (χ4n) is 3.96. The van der Waals surface area contributed by atoms with E-state index in [-0.39, 0.29) is 24.3 Å². The normalized spacial score (nSPS) is 11.1. The van der Waals surface area contributed by atoms with Crippen molar-refractivity contribution in [2.24, 2.45) is 5.92 Å². The SMILES string of the molecule is COc1ccc(CCN(Cc2cccs2)C(=O)CN(CC(C)C)C(=O)/C=C/c2ccccc2)cc1OC. The van der Waals surface area contributed by atoms with E-state index in [2.05, 4.69) is 0 Å². The molecule has 1 aromatic heterocycles. The summed E-state index contributed by atoms with van der Waals surface area (Å²) in [5.74, 6) is 1.33. The lowest BCUT2D eigenvalue weighted by Crippen LogP contribution is -2.44. The zero-order chi connectivity index (χ0) is 26.6. The molecule has 0 atom stereocenters. The molecule has 0 saturated carbocycles. The van der Waals surface area contributed by atoms with E-state index < -0.39 is 0 Å². The zero-order valence-corrected chi connectivity index (χ0v) is 22.9. The van der Waals surface area contributed by atoms with Crippen LogP contribution in [0.4, 0.5) is 0 Å². The van der Waals surface area contributed by atoms with Gasteiger partial charge < -0.3 is 19.3 Å². The van der Waals surface area contributed by atoms with Crippen LogP contribution in [-0.4, -0.2) is 55.5 Å². The third kappa shape index (κ3) is 8.79. The number of nitrogens with zero attached hydrogens (tertiary/aromatic N) is 2. The molecule has 0 spiro atoms. The van der Waals surface area contributed by atoms with Crippen molar-refractivity contribution in [2.75, 3.05) is 33.9 Å². The Kier molecular flexibility index (Phi) is 10.8. The number of hydrogen-bond acceptors (Lipinski definition) is 5. The smallest absolute Gasteiger partial charge is 0.247 e. The Hall–Kier alpha value is -3.58. The lowest BCUT2D eigenvalue weighted by atomic mass is 10.1. The van der Waals surface area contributed by atoms with Gasteiger partial charge in [-0.3, -0.25) is 9.59 Å². The van der Waals surface area contributed by atoms with Gasteiger partial charge in [-0.15, -0.1) is 11.3 Å². The van der Waals surface area contributed by atoms with Crippen molar-refractivity contribution in [3.63, 3.8) is 0 Å². The highest BCUT2D eigenvalue weighted by Crippen LogP contribution is 2.28. The van der Waals surface area contributed by atoms with Gasteiger partial charge in [0.25, 0.3) is 0 Å². The van der Waals surface area contributed by atoms with Gasteiger partial charge in [0.05, 0.1) is 20.8 Å². The van der Waals surface area contributed by atoms with Crippen LogP contribution in [-0.2, 0) is 22.6 Å². The van der Waals surface area contributed by atoms with Crippen LogP contribution in [0.3, 0.4) is 0 Å². The molecule has 0 aliphatic carbocycles. The number of thiophene rings is 1. The molecule has 0 bridgehead atoms. The molecule has 0 fully saturated rings. The van der Waals surface area contributed by atoms with Crippen molar-refractivity contribution in [1.29, 1.82) is 0 Å². The molecule has 0 aliphatic rings. The van der Waals surface area contributed by atoms with Gasteiger partial charge in [-0.1, -0.05) is 56.3 Å². The fraction of sp³-hybridized carbons (Fsp3) is 0.333. The van der Waals surface area contributed by atoms with Crippen LogP contribution < -0.4 is 9.47 Å². The molecule has 0 N–H and O–H groups in total. The largest absolute Gasteiger partial charge is 0.493 e. The summed E-state index contributed by atoms with van der Waals surface area (Å²) in [7, 11) is 3.22. The molecular formula is C30H36N2O4S. The Bertz CT molecular complexity index is 1160. The lowest BCUT2D eigenvalue weighted by Gasteiger charge is -2.28. The molecule has 0 radical (unpaired) electrons.